The molecule has 1 aromatic rings. The van der Waals surface area contributed by atoms with Gasteiger partial charge in [-0.3, -0.25) is 4.90 Å². The van der Waals surface area contributed by atoms with Crippen LogP contribution in [0.1, 0.15) is 50.3 Å². The summed E-state index contributed by atoms with van der Waals surface area (Å²) in [4.78, 5) is 5.37. The van der Waals surface area contributed by atoms with Crippen molar-refractivity contribution in [3.05, 3.63) is 28.8 Å². The normalized spacial score (nSPS) is 36.5. The first-order valence-electron chi connectivity index (χ1n) is 7.96. The second-order valence-corrected chi connectivity index (χ2v) is 7.27. The van der Waals surface area contributed by atoms with E-state index in [9.17, 15) is 0 Å². The van der Waals surface area contributed by atoms with E-state index in [1.54, 1.807) is 0 Å². The minimum Gasteiger partial charge on any atom is -0.350 e. The Morgan fingerprint density at radius 1 is 1.15 bits per heavy atom. The van der Waals surface area contributed by atoms with Gasteiger partial charge in [-0.2, -0.15) is 0 Å². The van der Waals surface area contributed by atoms with E-state index >= 15 is 0 Å². The lowest BCUT2D eigenvalue weighted by atomic mass is 9.78. The maximum absolute atomic E-state index is 2.70. The first-order valence-corrected chi connectivity index (χ1v) is 7.96. The summed E-state index contributed by atoms with van der Waals surface area (Å²) in [5.74, 6) is 0. The largest absolute Gasteiger partial charge is 0.350 e. The number of piperidine rings is 1. The first-order chi connectivity index (χ1) is 9.33. The molecule has 0 saturated carbocycles. The van der Waals surface area contributed by atoms with E-state index in [1.165, 1.54) is 41.8 Å². The highest BCUT2D eigenvalue weighted by Gasteiger charge is 2.49. The molecule has 3 aliphatic rings. The maximum atomic E-state index is 2.70. The summed E-state index contributed by atoms with van der Waals surface area (Å²) in [7, 11) is 0. The van der Waals surface area contributed by atoms with Gasteiger partial charge in [-0.05, 0) is 77.1 Å². The van der Waals surface area contributed by atoms with E-state index in [1.807, 2.05) is 0 Å². The van der Waals surface area contributed by atoms with Crippen molar-refractivity contribution in [3.8, 4) is 0 Å². The number of nitrogens with zero attached hydrogens (tertiary/aromatic N) is 2. The molecule has 3 heterocycles. The average Bonchev–Trinajstić information content (AvgIpc) is 2.33. The number of rotatable bonds is 1. The van der Waals surface area contributed by atoms with E-state index in [4.69, 9.17) is 0 Å². The smallest absolute Gasteiger partial charge is 0.0800 e. The van der Waals surface area contributed by atoms with Crippen LogP contribution in [0.3, 0.4) is 0 Å². The molecule has 2 bridgehead atoms. The molecule has 1 aromatic carbocycles. The number of aryl methyl sites for hydroxylation is 2. The molecule has 3 saturated heterocycles. The van der Waals surface area contributed by atoms with Gasteiger partial charge in [-0.1, -0.05) is 6.07 Å². The molecule has 4 rings (SSSR count). The second-order valence-electron chi connectivity index (χ2n) is 7.27. The molecular weight excluding hydrogens is 244 g/mol. The Kier molecular flexibility index (Phi) is 3.13. The Labute approximate surface area is 123 Å². The molecule has 4 unspecified atom stereocenters. The molecule has 4 atom stereocenters. The molecule has 0 spiro atoms. The molecule has 20 heavy (non-hydrogen) atoms. The lowest BCUT2D eigenvalue weighted by Crippen LogP contribution is -2.71. The highest BCUT2D eigenvalue weighted by atomic mass is 15.4. The molecule has 3 fully saturated rings. The van der Waals surface area contributed by atoms with Crippen LogP contribution in [0.25, 0.3) is 0 Å². The van der Waals surface area contributed by atoms with Crippen LogP contribution in [-0.2, 0) is 0 Å². The third-order valence-electron chi connectivity index (χ3n) is 5.69. The fourth-order valence-electron chi connectivity index (χ4n) is 4.58. The SMILES string of the molecule is Cc1cc(C)c(C)c(N2C(C)N3CCC2(C)CC3C)c1. The van der Waals surface area contributed by atoms with E-state index in [0.29, 0.717) is 17.7 Å². The van der Waals surface area contributed by atoms with Crippen LogP contribution in [0.5, 0.6) is 0 Å². The van der Waals surface area contributed by atoms with Crippen LogP contribution in [0.15, 0.2) is 12.1 Å². The predicted molar refractivity (Wildman–Crippen MR) is 86.4 cm³/mol. The van der Waals surface area contributed by atoms with Crippen LogP contribution in [-0.4, -0.2) is 29.2 Å². The predicted octanol–water partition coefficient (Wildman–Crippen LogP) is 4.02. The fraction of sp³-hybridized carbons (Fsp3) is 0.667. The maximum Gasteiger partial charge on any atom is 0.0800 e. The van der Waals surface area contributed by atoms with E-state index in [0.717, 1.165) is 0 Å². The van der Waals surface area contributed by atoms with Crippen molar-refractivity contribution < 1.29 is 0 Å². The zero-order valence-corrected chi connectivity index (χ0v) is 13.8. The number of anilines is 1. The van der Waals surface area contributed by atoms with E-state index < -0.39 is 0 Å². The van der Waals surface area contributed by atoms with Gasteiger partial charge in [0, 0.05) is 23.8 Å². The minimum atomic E-state index is 0.318. The van der Waals surface area contributed by atoms with Crippen LogP contribution >= 0.6 is 0 Å². The summed E-state index contributed by atoms with van der Waals surface area (Å²) < 4.78 is 0. The monoisotopic (exact) mass is 272 g/mol. The Morgan fingerprint density at radius 2 is 1.85 bits per heavy atom. The Morgan fingerprint density at radius 3 is 2.45 bits per heavy atom. The van der Waals surface area contributed by atoms with Crippen LogP contribution in [0, 0.1) is 20.8 Å². The summed E-state index contributed by atoms with van der Waals surface area (Å²) in [6, 6.07) is 5.40. The van der Waals surface area contributed by atoms with Gasteiger partial charge in [-0.15, -0.1) is 0 Å². The molecule has 0 aliphatic carbocycles. The average molecular weight is 272 g/mol. The molecular formula is C18H28N2. The molecule has 3 aliphatic heterocycles. The van der Waals surface area contributed by atoms with Crippen molar-refractivity contribution in [2.75, 3.05) is 11.4 Å². The highest BCUT2D eigenvalue weighted by molar-refractivity contribution is 5.61. The lowest BCUT2D eigenvalue weighted by molar-refractivity contribution is 0.00476. The van der Waals surface area contributed by atoms with Gasteiger partial charge in [0.2, 0.25) is 0 Å². The fourth-order valence-corrected chi connectivity index (χ4v) is 4.58. The van der Waals surface area contributed by atoms with Gasteiger partial charge in [0.1, 0.15) is 0 Å². The second kappa shape index (κ2) is 4.49. The lowest BCUT2D eigenvalue weighted by Gasteiger charge is -2.62. The third-order valence-corrected chi connectivity index (χ3v) is 5.69. The zero-order valence-electron chi connectivity index (χ0n) is 13.8. The summed E-state index contributed by atoms with van der Waals surface area (Å²) in [5, 5.41) is 0. The third kappa shape index (κ3) is 1.88. The summed E-state index contributed by atoms with van der Waals surface area (Å²) in [6.45, 7) is 15.2. The Bertz CT molecular complexity index is 536. The van der Waals surface area contributed by atoms with Gasteiger partial charge < -0.3 is 4.90 Å². The number of hydrogen-bond acceptors (Lipinski definition) is 2. The number of benzene rings is 1. The van der Waals surface area contributed by atoms with Crippen molar-refractivity contribution in [2.24, 2.45) is 0 Å². The van der Waals surface area contributed by atoms with Crippen molar-refractivity contribution >= 4 is 5.69 Å². The van der Waals surface area contributed by atoms with Gasteiger partial charge in [0.15, 0.2) is 0 Å². The zero-order chi connectivity index (χ0) is 14.7. The number of hydrogen-bond donors (Lipinski definition) is 0. The minimum absolute atomic E-state index is 0.318. The van der Waals surface area contributed by atoms with Crippen molar-refractivity contribution in [1.29, 1.82) is 0 Å². The van der Waals surface area contributed by atoms with Crippen molar-refractivity contribution in [2.45, 2.75) is 72.1 Å². The van der Waals surface area contributed by atoms with Gasteiger partial charge in [0.25, 0.3) is 0 Å². The Hall–Kier alpha value is -1.02. The molecule has 0 radical (unpaired) electrons. The Balaban J connectivity index is 2.10. The van der Waals surface area contributed by atoms with Gasteiger partial charge in [0.05, 0.1) is 6.17 Å². The van der Waals surface area contributed by atoms with Crippen molar-refractivity contribution in [1.82, 2.24) is 4.90 Å². The summed E-state index contributed by atoms with van der Waals surface area (Å²) in [5.41, 5.74) is 6.02. The van der Waals surface area contributed by atoms with Gasteiger partial charge >= 0.3 is 0 Å². The quantitative estimate of drug-likeness (QED) is 0.762. The van der Waals surface area contributed by atoms with E-state index in [-0.39, 0.29) is 0 Å². The molecule has 2 nitrogen and oxygen atoms in total. The first kappa shape index (κ1) is 13.9. The summed E-state index contributed by atoms with van der Waals surface area (Å²) in [6.07, 6.45) is 3.08. The molecule has 110 valence electrons. The highest BCUT2D eigenvalue weighted by Crippen LogP contribution is 2.45. The van der Waals surface area contributed by atoms with Crippen LogP contribution < -0.4 is 4.90 Å². The standard InChI is InChI=1S/C18H28N2/c1-12-9-13(2)15(4)17(10-12)20-16(5)19-8-7-18(20,6)11-14(19)3/h9-10,14,16H,7-8,11H2,1-6H3. The summed E-state index contributed by atoms with van der Waals surface area (Å²) >= 11 is 0. The molecule has 0 aromatic heterocycles. The molecule has 0 N–H and O–H groups in total. The number of fused-ring (bicyclic) bond motifs is 3. The molecule has 0 amide bonds. The van der Waals surface area contributed by atoms with Crippen LogP contribution in [0.4, 0.5) is 5.69 Å². The van der Waals surface area contributed by atoms with Gasteiger partial charge in [-0.25, -0.2) is 0 Å². The van der Waals surface area contributed by atoms with Crippen LogP contribution in [0.2, 0.25) is 0 Å². The van der Waals surface area contributed by atoms with Crippen molar-refractivity contribution in [3.63, 3.8) is 0 Å². The van der Waals surface area contributed by atoms with E-state index in [2.05, 4.69) is 63.5 Å². The molecule has 2 heteroatoms. The topological polar surface area (TPSA) is 6.48 Å².